The van der Waals surface area contributed by atoms with Gasteiger partial charge in [-0.15, -0.1) is 0 Å². The van der Waals surface area contributed by atoms with Crippen LogP contribution in [0.4, 0.5) is 10.5 Å². The molecule has 158 valence electrons. The molecule has 0 saturated carbocycles. The van der Waals surface area contributed by atoms with Gasteiger partial charge in [0.25, 0.3) is 5.91 Å². The fraction of sp³-hybridized carbons (Fsp3) is 0.200. The number of ether oxygens (including phenoxy) is 2. The van der Waals surface area contributed by atoms with Crippen molar-refractivity contribution in [1.82, 2.24) is 20.2 Å². The summed E-state index contributed by atoms with van der Waals surface area (Å²) in [4.78, 5) is 55.5. The maximum absolute atomic E-state index is 13.1. The average Bonchev–Trinajstić information content (AvgIpc) is 3.40. The number of rotatable bonds is 4. The van der Waals surface area contributed by atoms with Crippen molar-refractivity contribution in [3.8, 4) is 11.5 Å². The van der Waals surface area contributed by atoms with E-state index >= 15 is 0 Å². The van der Waals surface area contributed by atoms with Gasteiger partial charge in [-0.05, 0) is 42.8 Å². The molecule has 0 spiro atoms. The minimum atomic E-state index is -1.35. The molecule has 1 atom stereocenters. The van der Waals surface area contributed by atoms with Crippen molar-refractivity contribution < 1.29 is 23.9 Å². The zero-order chi connectivity index (χ0) is 21.8. The summed E-state index contributed by atoms with van der Waals surface area (Å²) in [7, 11) is 0. The first kappa shape index (κ1) is 18.7. The summed E-state index contributed by atoms with van der Waals surface area (Å²) in [5, 5.41) is 5.28. The van der Waals surface area contributed by atoms with E-state index in [0.29, 0.717) is 33.8 Å². The Balaban J connectivity index is 1.33. The van der Waals surface area contributed by atoms with Gasteiger partial charge in [-0.1, -0.05) is 6.07 Å². The van der Waals surface area contributed by atoms with Gasteiger partial charge < -0.3 is 30.1 Å². The molecule has 1 aromatic heterocycles. The third kappa shape index (κ3) is 3.06. The molecule has 3 aromatic rings. The molecule has 0 aliphatic carbocycles. The van der Waals surface area contributed by atoms with Gasteiger partial charge in [0, 0.05) is 5.69 Å². The molecule has 0 unspecified atom stereocenters. The van der Waals surface area contributed by atoms with Crippen LogP contribution < -0.4 is 25.8 Å². The number of urea groups is 1. The fourth-order valence-corrected chi connectivity index (χ4v) is 3.70. The highest BCUT2D eigenvalue weighted by Gasteiger charge is 2.49. The van der Waals surface area contributed by atoms with Gasteiger partial charge in [-0.2, -0.15) is 0 Å². The molecule has 0 bridgehead atoms. The number of imide groups is 1. The molecule has 1 saturated heterocycles. The van der Waals surface area contributed by atoms with Crippen LogP contribution in [-0.2, 0) is 15.1 Å². The van der Waals surface area contributed by atoms with Gasteiger partial charge in [0.2, 0.25) is 12.7 Å². The van der Waals surface area contributed by atoms with Gasteiger partial charge in [0.1, 0.15) is 12.1 Å². The molecule has 2 aliphatic heterocycles. The summed E-state index contributed by atoms with van der Waals surface area (Å²) < 4.78 is 10.6. The number of aromatic amines is 2. The van der Waals surface area contributed by atoms with Crippen molar-refractivity contribution in [1.29, 1.82) is 0 Å². The molecule has 11 heteroatoms. The third-order valence-electron chi connectivity index (χ3n) is 5.33. The van der Waals surface area contributed by atoms with E-state index in [1.807, 2.05) is 0 Å². The van der Waals surface area contributed by atoms with E-state index in [4.69, 9.17) is 9.47 Å². The van der Waals surface area contributed by atoms with Crippen LogP contribution in [0.15, 0.2) is 41.2 Å². The molecule has 2 aromatic carbocycles. The number of hydrogen-bond acceptors (Lipinski definition) is 6. The van der Waals surface area contributed by atoms with Gasteiger partial charge in [0.05, 0.1) is 11.0 Å². The standard InChI is InChI=1S/C20H17N5O6/c1-20(10-2-5-14-15(6-10)31-9-30-14)17(27)25(19(29)24-20)8-16(26)21-11-3-4-12-13(7-11)23-18(28)22-12/h2-7H,8-9H2,1H3,(H,21,26)(H,24,29)(H2,22,23,28)/t20-/m0/s1. The lowest BCUT2D eigenvalue weighted by Crippen LogP contribution is -2.42. The molecule has 2 aliphatic rings. The van der Waals surface area contributed by atoms with Crippen LogP contribution in [0.1, 0.15) is 12.5 Å². The summed E-state index contributed by atoms with van der Waals surface area (Å²) in [6, 6.07) is 9.11. The number of imidazole rings is 1. The Morgan fingerprint density at radius 2 is 1.84 bits per heavy atom. The fourth-order valence-electron chi connectivity index (χ4n) is 3.70. The van der Waals surface area contributed by atoms with Crippen molar-refractivity contribution >= 4 is 34.6 Å². The van der Waals surface area contributed by atoms with Crippen LogP contribution in [0.2, 0.25) is 0 Å². The maximum atomic E-state index is 13.1. The topological polar surface area (TPSA) is 146 Å². The Labute approximate surface area is 174 Å². The summed E-state index contributed by atoms with van der Waals surface area (Å²) in [6.45, 7) is 1.19. The smallest absolute Gasteiger partial charge is 0.325 e. The van der Waals surface area contributed by atoms with Gasteiger partial charge in [-0.3, -0.25) is 14.5 Å². The summed E-state index contributed by atoms with van der Waals surface area (Å²) in [6.07, 6.45) is 0. The second-order valence-corrected chi connectivity index (χ2v) is 7.40. The van der Waals surface area contributed by atoms with Crippen LogP contribution in [-0.4, -0.2) is 46.1 Å². The lowest BCUT2D eigenvalue weighted by molar-refractivity contribution is -0.133. The minimum Gasteiger partial charge on any atom is -0.454 e. The largest absolute Gasteiger partial charge is 0.454 e. The minimum absolute atomic E-state index is 0.0878. The van der Waals surface area contributed by atoms with Gasteiger partial charge in [0.15, 0.2) is 11.5 Å². The normalized spacial score (nSPS) is 19.7. The van der Waals surface area contributed by atoms with Crippen LogP contribution >= 0.6 is 0 Å². The number of carbonyl (C=O) groups excluding carboxylic acids is 3. The van der Waals surface area contributed by atoms with Crippen molar-refractivity contribution in [3.05, 3.63) is 52.4 Å². The summed E-state index contributed by atoms with van der Waals surface area (Å²) in [5.74, 6) is -0.0798. The number of benzene rings is 2. The molecule has 4 amide bonds. The Kier molecular flexibility index (Phi) is 4.00. The van der Waals surface area contributed by atoms with E-state index in [1.54, 1.807) is 43.3 Å². The highest BCUT2D eigenvalue weighted by Crippen LogP contribution is 2.37. The first-order valence-corrected chi connectivity index (χ1v) is 9.40. The van der Waals surface area contributed by atoms with Crippen molar-refractivity contribution in [2.75, 3.05) is 18.7 Å². The molecule has 0 radical (unpaired) electrons. The first-order chi connectivity index (χ1) is 14.8. The number of carbonyl (C=O) groups is 3. The zero-order valence-corrected chi connectivity index (χ0v) is 16.3. The molecule has 4 N–H and O–H groups in total. The number of hydrogen-bond donors (Lipinski definition) is 4. The molecule has 11 nitrogen and oxygen atoms in total. The highest BCUT2D eigenvalue weighted by atomic mass is 16.7. The Morgan fingerprint density at radius 3 is 2.68 bits per heavy atom. The second-order valence-electron chi connectivity index (χ2n) is 7.40. The number of nitrogens with zero attached hydrogens (tertiary/aromatic N) is 1. The summed E-state index contributed by atoms with van der Waals surface area (Å²) >= 11 is 0. The predicted octanol–water partition coefficient (Wildman–Crippen LogP) is 0.991. The Bertz CT molecular complexity index is 1310. The molecule has 5 rings (SSSR count). The van der Waals surface area contributed by atoms with E-state index < -0.39 is 29.9 Å². The van der Waals surface area contributed by atoms with Crippen LogP contribution in [0.3, 0.4) is 0 Å². The Hall–Kier alpha value is -4.28. The average molecular weight is 423 g/mol. The zero-order valence-electron chi connectivity index (χ0n) is 16.3. The number of fused-ring (bicyclic) bond motifs is 2. The third-order valence-corrected chi connectivity index (χ3v) is 5.33. The number of aromatic nitrogens is 2. The molecule has 3 heterocycles. The lowest BCUT2D eigenvalue weighted by atomic mass is 9.91. The molecular weight excluding hydrogens is 406 g/mol. The monoisotopic (exact) mass is 423 g/mol. The van der Waals surface area contributed by atoms with E-state index in [-0.39, 0.29) is 12.5 Å². The molecule has 31 heavy (non-hydrogen) atoms. The van der Waals surface area contributed by atoms with E-state index in [0.717, 1.165) is 4.90 Å². The van der Waals surface area contributed by atoms with Crippen LogP contribution in [0.25, 0.3) is 11.0 Å². The number of nitrogens with one attached hydrogen (secondary N) is 4. The van der Waals surface area contributed by atoms with E-state index in [9.17, 15) is 19.2 Å². The van der Waals surface area contributed by atoms with E-state index in [1.165, 1.54) is 0 Å². The quantitative estimate of drug-likeness (QED) is 0.461. The number of H-pyrrole nitrogens is 2. The molecular formula is C20H17N5O6. The second kappa shape index (κ2) is 6.62. The van der Waals surface area contributed by atoms with Crippen molar-refractivity contribution in [3.63, 3.8) is 0 Å². The summed E-state index contributed by atoms with van der Waals surface area (Å²) in [5.41, 5.74) is 0.339. The van der Waals surface area contributed by atoms with Gasteiger partial charge in [-0.25, -0.2) is 9.59 Å². The van der Waals surface area contributed by atoms with Gasteiger partial charge >= 0.3 is 11.7 Å². The predicted molar refractivity (Wildman–Crippen MR) is 108 cm³/mol. The maximum Gasteiger partial charge on any atom is 0.325 e. The highest BCUT2D eigenvalue weighted by molar-refractivity contribution is 6.10. The lowest BCUT2D eigenvalue weighted by Gasteiger charge is -2.22. The van der Waals surface area contributed by atoms with Crippen LogP contribution in [0.5, 0.6) is 11.5 Å². The molecule has 1 fully saturated rings. The van der Waals surface area contributed by atoms with E-state index in [2.05, 4.69) is 20.6 Å². The SMILES string of the molecule is C[C@@]1(c2ccc3c(c2)OCO3)NC(=O)N(CC(=O)Nc2ccc3[nH]c(=O)[nH]c3c2)C1=O. The first-order valence-electron chi connectivity index (χ1n) is 9.40. The Morgan fingerprint density at radius 1 is 1.06 bits per heavy atom. The number of amides is 4. The van der Waals surface area contributed by atoms with Crippen LogP contribution in [0, 0.1) is 0 Å². The number of anilines is 1. The van der Waals surface area contributed by atoms with Crippen molar-refractivity contribution in [2.45, 2.75) is 12.5 Å². The van der Waals surface area contributed by atoms with Crippen molar-refractivity contribution in [2.24, 2.45) is 0 Å².